The van der Waals surface area contributed by atoms with Crippen LogP contribution in [0.2, 0.25) is 0 Å². The number of carbonyl (C=O) groups is 2. The zero-order valence-electron chi connectivity index (χ0n) is 14.8. The maximum atomic E-state index is 13.0. The highest BCUT2D eigenvalue weighted by Crippen LogP contribution is 2.56. The second-order valence-corrected chi connectivity index (χ2v) is 7.96. The monoisotopic (exact) mass is 392 g/mol. The predicted molar refractivity (Wildman–Crippen MR) is 103 cm³/mol. The number of esters is 1. The van der Waals surface area contributed by atoms with Gasteiger partial charge in [0.2, 0.25) is 11.8 Å². The maximum absolute atomic E-state index is 13.0. The molecule has 1 unspecified atom stereocenters. The summed E-state index contributed by atoms with van der Waals surface area (Å²) in [5, 5.41) is 0. The molecule has 1 saturated heterocycles. The zero-order valence-corrected chi connectivity index (χ0v) is 15.6. The van der Waals surface area contributed by atoms with Crippen molar-refractivity contribution in [3.8, 4) is 11.3 Å². The molecule has 5 rings (SSSR count). The van der Waals surface area contributed by atoms with Crippen molar-refractivity contribution < 1.29 is 18.7 Å². The Morgan fingerprint density at radius 3 is 2.82 bits per heavy atom. The number of thioether (sulfide) groups is 1. The summed E-state index contributed by atoms with van der Waals surface area (Å²) in [6.07, 6.45) is 2.36. The van der Waals surface area contributed by atoms with Crippen LogP contribution in [-0.2, 0) is 20.9 Å². The molecule has 1 amide bonds. The summed E-state index contributed by atoms with van der Waals surface area (Å²) in [4.78, 5) is 31.1. The maximum Gasteiger partial charge on any atom is 0.344 e. The van der Waals surface area contributed by atoms with E-state index in [0.29, 0.717) is 24.5 Å². The zero-order chi connectivity index (χ0) is 19.1. The highest BCUT2D eigenvalue weighted by Gasteiger charge is 2.58. The third-order valence-electron chi connectivity index (χ3n) is 4.93. The summed E-state index contributed by atoms with van der Waals surface area (Å²) < 4.78 is 11.2. The van der Waals surface area contributed by atoms with Crippen molar-refractivity contribution in [2.45, 2.75) is 29.2 Å². The lowest BCUT2D eigenvalue weighted by molar-refractivity contribution is -0.148. The van der Waals surface area contributed by atoms with Crippen LogP contribution in [0.1, 0.15) is 18.7 Å². The number of benzene rings is 2. The molecule has 0 bridgehead atoms. The van der Waals surface area contributed by atoms with Crippen molar-refractivity contribution in [1.29, 1.82) is 0 Å². The molecule has 2 aliphatic rings. The first-order valence-electron chi connectivity index (χ1n) is 8.96. The van der Waals surface area contributed by atoms with E-state index in [-0.39, 0.29) is 12.5 Å². The van der Waals surface area contributed by atoms with Gasteiger partial charge in [0.05, 0.1) is 11.9 Å². The molecule has 28 heavy (non-hydrogen) atoms. The Kier molecular flexibility index (Phi) is 3.98. The molecule has 1 aromatic heterocycles. The Morgan fingerprint density at radius 1 is 1.18 bits per heavy atom. The highest BCUT2D eigenvalue weighted by molar-refractivity contribution is 8.02. The van der Waals surface area contributed by atoms with E-state index < -0.39 is 10.8 Å². The number of amides is 1. The fraction of sp³-hybridized carbons (Fsp3) is 0.190. The van der Waals surface area contributed by atoms with Gasteiger partial charge < -0.3 is 9.15 Å². The Labute approximate surface area is 165 Å². The number of oxazole rings is 1. The minimum atomic E-state index is -1.03. The van der Waals surface area contributed by atoms with E-state index in [1.54, 1.807) is 11.1 Å². The molecule has 0 radical (unpaired) electrons. The largest absolute Gasteiger partial charge is 0.453 e. The first-order valence-corrected chi connectivity index (χ1v) is 9.77. The highest BCUT2D eigenvalue weighted by atomic mass is 32.2. The molecule has 2 aromatic carbocycles. The van der Waals surface area contributed by atoms with Crippen molar-refractivity contribution in [3.05, 3.63) is 66.7 Å². The van der Waals surface area contributed by atoms with Crippen LogP contribution in [0.5, 0.6) is 0 Å². The Bertz CT molecular complexity index is 1070. The van der Waals surface area contributed by atoms with Gasteiger partial charge in [-0.05, 0) is 12.1 Å². The molecule has 140 valence electrons. The van der Waals surface area contributed by atoms with Crippen molar-refractivity contribution in [1.82, 2.24) is 4.98 Å². The van der Waals surface area contributed by atoms with Gasteiger partial charge >= 0.3 is 5.97 Å². The Hall–Kier alpha value is -3.06. The van der Waals surface area contributed by atoms with Crippen molar-refractivity contribution >= 4 is 29.3 Å². The van der Waals surface area contributed by atoms with Crippen LogP contribution in [0.15, 0.2) is 70.1 Å². The van der Waals surface area contributed by atoms with Crippen molar-refractivity contribution in [2.24, 2.45) is 0 Å². The number of hydrogen-bond donors (Lipinski definition) is 0. The minimum Gasteiger partial charge on any atom is -0.453 e. The quantitative estimate of drug-likeness (QED) is 0.625. The lowest BCUT2D eigenvalue weighted by atomic mass is 10.2. The van der Waals surface area contributed by atoms with Gasteiger partial charge in [-0.15, -0.1) is 0 Å². The molecule has 1 atom stereocenters. The summed E-state index contributed by atoms with van der Waals surface area (Å²) in [5.74, 6) is 0.431. The van der Waals surface area contributed by atoms with E-state index in [2.05, 4.69) is 4.98 Å². The molecule has 3 aromatic rings. The number of rotatable bonds is 4. The third kappa shape index (κ3) is 2.62. The Balaban J connectivity index is 1.34. The van der Waals surface area contributed by atoms with E-state index >= 15 is 0 Å². The fourth-order valence-electron chi connectivity index (χ4n) is 3.63. The van der Waals surface area contributed by atoms with Gasteiger partial charge in [0, 0.05) is 23.3 Å². The SMILES string of the molecule is O=C1CCC2(C(=O)OCc3ncc(-c4ccccc4)o3)Sc3ccccc3N12. The number of aromatic nitrogens is 1. The van der Waals surface area contributed by atoms with Gasteiger partial charge in [0.1, 0.15) is 0 Å². The van der Waals surface area contributed by atoms with Crippen molar-refractivity contribution in [2.75, 3.05) is 4.90 Å². The van der Waals surface area contributed by atoms with Gasteiger partial charge in [-0.25, -0.2) is 9.78 Å². The first kappa shape index (κ1) is 17.1. The molecule has 2 aliphatic heterocycles. The second-order valence-electron chi connectivity index (χ2n) is 6.64. The number of nitrogens with zero attached hydrogens (tertiary/aromatic N) is 2. The molecule has 6 nitrogen and oxygen atoms in total. The van der Waals surface area contributed by atoms with Crippen LogP contribution in [-0.4, -0.2) is 21.7 Å². The normalized spacial score (nSPS) is 20.1. The van der Waals surface area contributed by atoms with E-state index in [9.17, 15) is 9.59 Å². The average Bonchev–Trinajstić information content (AvgIpc) is 3.41. The van der Waals surface area contributed by atoms with E-state index in [4.69, 9.17) is 9.15 Å². The number of anilines is 1. The molecule has 3 heterocycles. The number of carbonyl (C=O) groups excluding carboxylic acids is 2. The third-order valence-corrected chi connectivity index (χ3v) is 6.39. The minimum absolute atomic E-state index is 0.0584. The second kappa shape index (κ2) is 6.53. The summed E-state index contributed by atoms with van der Waals surface area (Å²) in [7, 11) is 0. The Morgan fingerprint density at radius 2 is 1.96 bits per heavy atom. The molecule has 7 heteroatoms. The number of para-hydroxylation sites is 1. The molecule has 1 fully saturated rings. The van der Waals surface area contributed by atoms with Crippen LogP contribution in [0, 0.1) is 0 Å². The van der Waals surface area contributed by atoms with Crippen LogP contribution in [0.25, 0.3) is 11.3 Å². The van der Waals surface area contributed by atoms with E-state index in [1.807, 2.05) is 54.6 Å². The number of ether oxygens (including phenoxy) is 1. The predicted octanol–water partition coefficient (Wildman–Crippen LogP) is 4.01. The lowest BCUT2D eigenvalue weighted by Gasteiger charge is -2.28. The first-order chi connectivity index (χ1) is 13.7. The van der Waals surface area contributed by atoms with Gasteiger partial charge in [0.25, 0.3) is 0 Å². The molecule has 0 saturated carbocycles. The molecule has 0 aliphatic carbocycles. The van der Waals surface area contributed by atoms with Gasteiger partial charge in [-0.1, -0.05) is 54.2 Å². The van der Waals surface area contributed by atoms with E-state index in [0.717, 1.165) is 16.1 Å². The summed E-state index contributed by atoms with van der Waals surface area (Å²) in [6, 6.07) is 17.1. The van der Waals surface area contributed by atoms with Crippen LogP contribution >= 0.6 is 11.8 Å². The van der Waals surface area contributed by atoms with Crippen LogP contribution in [0.3, 0.4) is 0 Å². The van der Waals surface area contributed by atoms with Crippen LogP contribution < -0.4 is 4.90 Å². The fourth-order valence-corrected chi connectivity index (χ4v) is 5.04. The standard InChI is InChI=1S/C21H16N2O4S/c24-19-10-11-21(23(19)15-8-4-5-9-17(15)28-21)20(25)26-13-18-22-12-16(27-18)14-6-2-1-3-7-14/h1-9,12H,10-11,13H2. The van der Waals surface area contributed by atoms with Crippen molar-refractivity contribution in [3.63, 3.8) is 0 Å². The van der Waals surface area contributed by atoms with Crippen LogP contribution in [0.4, 0.5) is 5.69 Å². The summed E-state index contributed by atoms with van der Waals surface area (Å²) in [5.41, 5.74) is 1.68. The average molecular weight is 392 g/mol. The van der Waals surface area contributed by atoms with Gasteiger partial charge in [-0.2, -0.15) is 0 Å². The van der Waals surface area contributed by atoms with E-state index in [1.165, 1.54) is 11.8 Å². The lowest BCUT2D eigenvalue weighted by Crippen LogP contribution is -2.47. The molecular weight excluding hydrogens is 376 g/mol. The number of hydrogen-bond acceptors (Lipinski definition) is 6. The smallest absolute Gasteiger partial charge is 0.344 e. The topological polar surface area (TPSA) is 72.6 Å². The van der Waals surface area contributed by atoms with Gasteiger partial charge in [0.15, 0.2) is 17.2 Å². The summed E-state index contributed by atoms with van der Waals surface area (Å²) >= 11 is 1.38. The molecule has 0 N–H and O–H groups in total. The number of fused-ring (bicyclic) bond motifs is 3. The van der Waals surface area contributed by atoms with Gasteiger partial charge in [-0.3, -0.25) is 9.69 Å². The molecular formula is C21H16N2O4S. The molecule has 0 spiro atoms. The summed E-state index contributed by atoms with van der Waals surface area (Å²) in [6.45, 7) is -0.0770.